The van der Waals surface area contributed by atoms with Crippen LogP contribution in [-0.4, -0.2) is 24.3 Å². The molecule has 4 nitrogen and oxygen atoms in total. The zero-order valence-electron chi connectivity index (χ0n) is 9.33. The quantitative estimate of drug-likeness (QED) is 0.800. The van der Waals surface area contributed by atoms with E-state index in [-0.39, 0.29) is 17.3 Å². The SMILES string of the molecule is CC(=O)NC1CCOc2ccc(F)cc2C1=O. The Labute approximate surface area is 97.8 Å². The predicted molar refractivity (Wildman–Crippen MR) is 58.4 cm³/mol. The third-order valence-electron chi connectivity index (χ3n) is 2.57. The van der Waals surface area contributed by atoms with Gasteiger partial charge in [-0.1, -0.05) is 0 Å². The molecule has 0 spiro atoms. The molecule has 1 unspecified atom stereocenters. The van der Waals surface area contributed by atoms with Crippen LogP contribution in [0.5, 0.6) is 5.75 Å². The number of rotatable bonds is 1. The normalized spacial score (nSPS) is 18.9. The van der Waals surface area contributed by atoms with E-state index in [1.807, 2.05) is 0 Å². The highest BCUT2D eigenvalue weighted by Gasteiger charge is 2.27. The highest BCUT2D eigenvalue weighted by atomic mass is 19.1. The monoisotopic (exact) mass is 237 g/mol. The van der Waals surface area contributed by atoms with E-state index < -0.39 is 11.9 Å². The van der Waals surface area contributed by atoms with Gasteiger partial charge in [-0.05, 0) is 18.2 Å². The lowest BCUT2D eigenvalue weighted by Gasteiger charge is -2.12. The molecule has 0 aliphatic carbocycles. The number of carbonyl (C=O) groups is 2. The van der Waals surface area contributed by atoms with Crippen molar-refractivity contribution in [2.24, 2.45) is 0 Å². The second kappa shape index (κ2) is 4.53. The number of nitrogens with one attached hydrogen (secondary N) is 1. The minimum absolute atomic E-state index is 0.182. The lowest BCUT2D eigenvalue weighted by Crippen LogP contribution is -2.39. The smallest absolute Gasteiger partial charge is 0.217 e. The summed E-state index contributed by atoms with van der Waals surface area (Å²) >= 11 is 0. The number of carbonyl (C=O) groups excluding carboxylic acids is 2. The van der Waals surface area contributed by atoms with Gasteiger partial charge in [-0.15, -0.1) is 0 Å². The maximum Gasteiger partial charge on any atom is 0.217 e. The van der Waals surface area contributed by atoms with Crippen LogP contribution in [0.3, 0.4) is 0 Å². The van der Waals surface area contributed by atoms with Gasteiger partial charge in [-0.2, -0.15) is 0 Å². The molecule has 1 N–H and O–H groups in total. The number of fused-ring (bicyclic) bond motifs is 1. The third kappa shape index (κ3) is 2.43. The summed E-state index contributed by atoms with van der Waals surface area (Å²) in [7, 11) is 0. The van der Waals surface area contributed by atoms with Crippen molar-refractivity contribution in [3.63, 3.8) is 0 Å². The molecule has 90 valence electrons. The average molecular weight is 237 g/mol. The summed E-state index contributed by atoms with van der Waals surface area (Å²) in [5, 5.41) is 2.54. The van der Waals surface area contributed by atoms with Gasteiger partial charge >= 0.3 is 0 Å². The molecular formula is C12H12FNO3. The first-order valence-electron chi connectivity index (χ1n) is 5.31. The maximum absolute atomic E-state index is 13.1. The Kier molecular flexibility index (Phi) is 3.08. The van der Waals surface area contributed by atoms with Crippen LogP contribution in [0.25, 0.3) is 0 Å². The van der Waals surface area contributed by atoms with Crippen LogP contribution in [0, 0.1) is 5.82 Å². The van der Waals surface area contributed by atoms with Gasteiger partial charge in [0.2, 0.25) is 5.91 Å². The largest absolute Gasteiger partial charge is 0.493 e. The van der Waals surface area contributed by atoms with Crippen molar-refractivity contribution in [2.75, 3.05) is 6.61 Å². The Bertz CT molecular complexity index is 473. The van der Waals surface area contributed by atoms with Gasteiger partial charge in [0.05, 0.1) is 18.2 Å². The van der Waals surface area contributed by atoms with E-state index in [0.29, 0.717) is 18.8 Å². The topological polar surface area (TPSA) is 55.4 Å². The minimum atomic E-state index is -0.643. The summed E-state index contributed by atoms with van der Waals surface area (Å²) in [6, 6.07) is 3.16. The van der Waals surface area contributed by atoms with Crippen molar-refractivity contribution in [1.29, 1.82) is 0 Å². The molecule has 1 atom stereocenters. The van der Waals surface area contributed by atoms with E-state index in [9.17, 15) is 14.0 Å². The van der Waals surface area contributed by atoms with Crippen molar-refractivity contribution in [3.05, 3.63) is 29.6 Å². The first kappa shape index (κ1) is 11.6. The zero-order valence-corrected chi connectivity index (χ0v) is 9.33. The van der Waals surface area contributed by atoms with Gasteiger partial charge in [0.1, 0.15) is 11.6 Å². The molecule has 5 heteroatoms. The highest BCUT2D eigenvalue weighted by Crippen LogP contribution is 2.25. The van der Waals surface area contributed by atoms with E-state index >= 15 is 0 Å². The van der Waals surface area contributed by atoms with Crippen LogP contribution >= 0.6 is 0 Å². The van der Waals surface area contributed by atoms with Crippen molar-refractivity contribution in [2.45, 2.75) is 19.4 Å². The zero-order chi connectivity index (χ0) is 12.4. The summed E-state index contributed by atoms with van der Waals surface area (Å²) in [5.41, 5.74) is 0.182. The second-order valence-corrected chi connectivity index (χ2v) is 3.89. The Balaban J connectivity index is 2.34. The average Bonchev–Trinajstić information content (AvgIpc) is 2.40. The number of ether oxygens (including phenoxy) is 1. The molecule has 1 aromatic rings. The number of amides is 1. The number of benzene rings is 1. The standard InChI is InChI=1S/C12H12FNO3/c1-7(15)14-10-4-5-17-11-3-2-8(13)6-9(11)12(10)16/h2-3,6,10H,4-5H2,1H3,(H,14,15). The van der Waals surface area contributed by atoms with E-state index in [4.69, 9.17) is 4.74 Å². The fourth-order valence-electron chi connectivity index (χ4n) is 1.81. The van der Waals surface area contributed by atoms with E-state index in [0.717, 1.165) is 6.07 Å². The van der Waals surface area contributed by atoms with Gasteiger partial charge in [-0.3, -0.25) is 9.59 Å². The van der Waals surface area contributed by atoms with Gasteiger partial charge in [0.25, 0.3) is 0 Å². The lowest BCUT2D eigenvalue weighted by atomic mass is 10.0. The number of halogens is 1. The molecule has 0 bridgehead atoms. The fourth-order valence-corrected chi connectivity index (χ4v) is 1.81. The molecule has 1 aliphatic rings. The van der Waals surface area contributed by atoms with Crippen LogP contribution in [0.15, 0.2) is 18.2 Å². The fraction of sp³-hybridized carbons (Fsp3) is 0.333. The molecule has 0 saturated carbocycles. The summed E-state index contributed by atoms with van der Waals surface area (Å²) in [4.78, 5) is 23.0. The predicted octanol–water partition coefficient (Wildman–Crippen LogP) is 1.30. The number of Topliss-reactive ketones (excluding diaryl/α,β-unsaturated/α-hetero) is 1. The summed E-state index contributed by atoms with van der Waals surface area (Å²) in [6.45, 7) is 1.65. The van der Waals surface area contributed by atoms with Crippen molar-refractivity contribution in [1.82, 2.24) is 5.32 Å². The molecule has 1 heterocycles. The summed E-state index contributed by atoms with van der Waals surface area (Å²) in [6.07, 6.45) is 0.384. The van der Waals surface area contributed by atoms with Crippen LogP contribution < -0.4 is 10.1 Å². The van der Waals surface area contributed by atoms with E-state index in [1.165, 1.54) is 19.1 Å². The van der Waals surface area contributed by atoms with Crippen LogP contribution in [0.4, 0.5) is 4.39 Å². The Hall–Kier alpha value is -1.91. The van der Waals surface area contributed by atoms with Crippen LogP contribution in [0.1, 0.15) is 23.7 Å². The lowest BCUT2D eigenvalue weighted by molar-refractivity contribution is -0.119. The van der Waals surface area contributed by atoms with Crippen molar-refractivity contribution >= 4 is 11.7 Å². The minimum Gasteiger partial charge on any atom is -0.493 e. The summed E-state index contributed by atoms with van der Waals surface area (Å²) < 4.78 is 18.4. The van der Waals surface area contributed by atoms with Gasteiger partial charge in [0, 0.05) is 13.3 Å². The Morgan fingerprint density at radius 2 is 2.29 bits per heavy atom. The molecule has 0 saturated heterocycles. The molecule has 17 heavy (non-hydrogen) atoms. The van der Waals surface area contributed by atoms with Crippen molar-refractivity contribution in [3.8, 4) is 5.75 Å². The second-order valence-electron chi connectivity index (χ2n) is 3.89. The molecule has 1 amide bonds. The number of hydrogen-bond donors (Lipinski definition) is 1. The molecule has 0 radical (unpaired) electrons. The van der Waals surface area contributed by atoms with E-state index in [1.54, 1.807) is 0 Å². The third-order valence-corrected chi connectivity index (χ3v) is 2.57. The molecule has 1 aromatic carbocycles. The van der Waals surface area contributed by atoms with Gasteiger partial charge in [-0.25, -0.2) is 4.39 Å². The Morgan fingerprint density at radius 3 is 3.00 bits per heavy atom. The van der Waals surface area contributed by atoms with E-state index in [2.05, 4.69) is 5.32 Å². The maximum atomic E-state index is 13.1. The summed E-state index contributed by atoms with van der Waals surface area (Å²) in [5.74, 6) is -0.733. The van der Waals surface area contributed by atoms with Crippen molar-refractivity contribution < 1.29 is 18.7 Å². The Morgan fingerprint density at radius 1 is 1.53 bits per heavy atom. The first-order valence-corrected chi connectivity index (χ1v) is 5.31. The number of hydrogen-bond acceptors (Lipinski definition) is 3. The molecule has 2 rings (SSSR count). The molecule has 0 aromatic heterocycles. The molecular weight excluding hydrogens is 225 g/mol. The van der Waals surface area contributed by atoms with Gasteiger partial charge < -0.3 is 10.1 Å². The first-order chi connectivity index (χ1) is 8.08. The molecule has 0 fully saturated rings. The van der Waals surface area contributed by atoms with Crippen LogP contribution in [0.2, 0.25) is 0 Å². The number of ketones is 1. The molecule has 1 aliphatic heterocycles. The van der Waals surface area contributed by atoms with Gasteiger partial charge in [0.15, 0.2) is 5.78 Å². The van der Waals surface area contributed by atoms with Crippen LogP contribution in [-0.2, 0) is 4.79 Å². The highest BCUT2D eigenvalue weighted by molar-refractivity contribution is 6.04.